The predicted molar refractivity (Wildman–Crippen MR) is 85.0 cm³/mol. The zero-order valence-corrected chi connectivity index (χ0v) is 11.2. The van der Waals surface area contributed by atoms with E-state index in [0.29, 0.717) is 0 Å². The summed E-state index contributed by atoms with van der Waals surface area (Å²) in [6.07, 6.45) is 2.17. The number of para-hydroxylation sites is 1. The van der Waals surface area contributed by atoms with Crippen molar-refractivity contribution in [3.05, 3.63) is 84.6 Å². The second-order valence-corrected chi connectivity index (χ2v) is 5.18. The summed E-state index contributed by atoms with van der Waals surface area (Å²) in [5, 5.41) is 3.91. The van der Waals surface area contributed by atoms with Gasteiger partial charge in [-0.1, -0.05) is 54.6 Å². The molecular weight excluding hydrogens is 242 g/mol. The average Bonchev–Trinajstić information content (AvgIpc) is 2.91. The van der Waals surface area contributed by atoms with Gasteiger partial charge in [0.05, 0.1) is 0 Å². The van der Waals surface area contributed by atoms with Gasteiger partial charge in [0.1, 0.15) is 0 Å². The van der Waals surface area contributed by atoms with Crippen LogP contribution in [0.25, 0.3) is 21.7 Å². The molecule has 3 aromatic carbocycles. The number of fused-ring (bicyclic) bond motifs is 2. The number of rotatable bonds is 2. The lowest BCUT2D eigenvalue weighted by atomic mass is 10.1. The molecule has 0 atom stereocenters. The van der Waals surface area contributed by atoms with Crippen molar-refractivity contribution < 1.29 is 0 Å². The van der Waals surface area contributed by atoms with Gasteiger partial charge in [0.15, 0.2) is 0 Å². The SMILES string of the molecule is c1ccc2cc(Cn3ccc4ccccc43)ccc2c1. The molecule has 0 aliphatic carbocycles. The van der Waals surface area contributed by atoms with E-state index in [9.17, 15) is 0 Å². The van der Waals surface area contributed by atoms with Crippen LogP contribution in [0.1, 0.15) is 5.56 Å². The maximum atomic E-state index is 2.30. The largest absolute Gasteiger partial charge is 0.343 e. The van der Waals surface area contributed by atoms with Crippen LogP contribution in [-0.4, -0.2) is 4.57 Å². The molecule has 1 heterocycles. The normalized spacial score (nSPS) is 11.2. The van der Waals surface area contributed by atoms with Crippen LogP contribution in [0.2, 0.25) is 0 Å². The van der Waals surface area contributed by atoms with E-state index in [-0.39, 0.29) is 0 Å². The maximum Gasteiger partial charge on any atom is 0.0483 e. The fourth-order valence-corrected chi connectivity index (χ4v) is 2.81. The van der Waals surface area contributed by atoms with Crippen molar-refractivity contribution in [2.24, 2.45) is 0 Å². The summed E-state index contributed by atoms with van der Waals surface area (Å²) in [7, 11) is 0. The van der Waals surface area contributed by atoms with Crippen molar-refractivity contribution in [3.8, 4) is 0 Å². The van der Waals surface area contributed by atoms with Crippen LogP contribution in [0.5, 0.6) is 0 Å². The van der Waals surface area contributed by atoms with Crippen molar-refractivity contribution in [1.29, 1.82) is 0 Å². The highest BCUT2D eigenvalue weighted by Crippen LogP contribution is 2.19. The first-order valence-corrected chi connectivity index (χ1v) is 6.92. The molecule has 0 unspecified atom stereocenters. The van der Waals surface area contributed by atoms with Gasteiger partial charge in [-0.2, -0.15) is 0 Å². The summed E-state index contributed by atoms with van der Waals surface area (Å²) in [6.45, 7) is 0.915. The van der Waals surface area contributed by atoms with Crippen LogP contribution in [-0.2, 0) is 6.54 Å². The summed E-state index contributed by atoms with van der Waals surface area (Å²) in [5.74, 6) is 0. The maximum absolute atomic E-state index is 2.30. The number of nitrogens with zero attached hydrogens (tertiary/aromatic N) is 1. The second-order valence-electron chi connectivity index (χ2n) is 5.18. The van der Waals surface area contributed by atoms with Gasteiger partial charge in [-0.05, 0) is 39.9 Å². The average molecular weight is 257 g/mol. The Morgan fingerprint density at radius 1 is 0.650 bits per heavy atom. The lowest BCUT2D eigenvalue weighted by Gasteiger charge is -2.07. The second kappa shape index (κ2) is 4.53. The van der Waals surface area contributed by atoms with E-state index >= 15 is 0 Å². The molecule has 0 amide bonds. The van der Waals surface area contributed by atoms with Crippen LogP contribution in [0.3, 0.4) is 0 Å². The summed E-state index contributed by atoms with van der Waals surface area (Å²) in [5.41, 5.74) is 2.63. The highest BCUT2D eigenvalue weighted by molar-refractivity contribution is 5.83. The molecule has 0 aliphatic heterocycles. The molecule has 0 fully saturated rings. The molecule has 0 N–H and O–H groups in total. The van der Waals surface area contributed by atoms with Crippen molar-refractivity contribution in [2.45, 2.75) is 6.54 Å². The summed E-state index contributed by atoms with van der Waals surface area (Å²) >= 11 is 0. The minimum atomic E-state index is 0.915. The van der Waals surface area contributed by atoms with Gasteiger partial charge in [-0.3, -0.25) is 0 Å². The fraction of sp³-hybridized carbons (Fsp3) is 0.0526. The van der Waals surface area contributed by atoms with Crippen LogP contribution in [0.15, 0.2) is 79.0 Å². The molecule has 1 nitrogen and oxygen atoms in total. The smallest absolute Gasteiger partial charge is 0.0483 e. The van der Waals surface area contributed by atoms with Crippen molar-refractivity contribution >= 4 is 21.7 Å². The van der Waals surface area contributed by atoms with E-state index in [1.165, 1.54) is 27.2 Å². The third kappa shape index (κ3) is 1.88. The van der Waals surface area contributed by atoms with E-state index in [0.717, 1.165) is 6.54 Å². The molecule has 0 bridgehead atoms. The Morgan fingerprint density at radius 3 is 2.30 bits per heavy atom. The predicted octanol–water partition coefficient (Wildman–Crippen LogP) is 4.84. The fourth-order valence-electron chi connectivity index (χ4n) is 2.81. The Morgan fingerprint density at radius 2 is 1.40 bits per heavy atom. The van der Waals surface area contributed by atoms with Crippen molar-refractivity contribution in [3.63, 3.8) is 0 Å². The Labute approximate surface area is 118 Å². The highest BCUT2D eigenvalue weighted by atomic mass is 14.9. The number of hydrogen-bond donors (Lipinski definition) is 0. The number of aromatic nitrogens is 1. The van der Waals surface area contributed by atoms with Crippen molar-refractivity contribution in [2.75, 3.05) is 0 Å². The van der Waals surface area contributed by atoms with Gasteiger partial charge < -0.3 is 4.57 Å². The van der Waals surface area contributed by atoms with E-state index in [1.807, 2.05) is 0 Å². The molecule has 1 aromatic heterocycles. The molecular formula is C19H15N. The van der Waals surface area contributed by atoms with Crippen LogP contribution in [0.4, 0.5) is 0 Å². The Hall–Kier alpha value is -2.54. The molecule has 0 aliphatic rings. The Bertz CT molecular complexity index is 886. The van der Waals surface area contributed by atoms with E-state index in [2.05, 4.69) is 83.6 Å². The summed E-state index contributed by atoms with van der Waals surface area (Å²) in [4.78, 5) is 0. The molecule has 1 heteroatoms. The quantitative estimate of drug-likeness (QED) is 0.484. The van der Waals surface area contributed by atoms with Crippen LogP contribution in [0, 0.1) is 0 Å². The molecule has 0 saturated carbocycles. The van der Waals surface area contributed by atoms with Crippen molar-refractivity contribution in [1.82, 2.24) is 4.57 Å². The highest BCUT2D eigenvalue weighted by Gasteiger charge is 2.01. The van der Waals surface area contributed by atoms with E-state index < -0.39 is 0 Å². The van der Waals surface area contributed by atoms with Gasteiger partial charge in [-0.25, -0.2) is 0 Å². The molecule has 4 aromatic rings. The van der Waals surface area contributed by atoms with Crippen LogP contribution < -0.4 is 0 Å². The lowest BCUT2D eigenvalue weighted by Crippen LogP contribution is -1.97. The van der Waals surface area contributed by atoms with E-state index in [1.54, 1.807) is 0 Å². The van der Waals surface area contributed by atoms with Crippen LogP contribution >= 0.6 is 0 Å². The minimum Gasteiger partial charge on any atom is -0.343 e. The lowest BCUT2D eigenvalue weighted by molar-refractivity contribution is 0.838. The summed E-state index contributed by atoms with van der Waals surface area (Å²) < 4.78 is 2.30. The number of benzene rings is 3. The zero-order chi connectivity index (χ0) is 13.4. The minimum absolute atomic E-state index is 0.915. The Kier molecular flexibility index (Phi) is 2.56. The van der Waals surface area contributed by atoms with E-state index in [4.69, 9.17) is 0 Å². The number of hydrogen-bond acceptors (Lipinski definition) is 0. The first-order valence-electron chi connectivity index (χ1n) is 6.92. The first kappa shape index (κ1) is 11.3. The summed E-state index contributed by atoms with van der Waals surface area (Å²) in [6, 6.07) is 25.9. The molecule has 4 rings (SSSR count). The monoisotopic (exact) mass is 257 g/mol. The molecule has 0 radical (unpaired) electrons. The van der Waals surface area contributed by atoms with Gasteiger partial charge in [-0.15, -0.1) is 0 Å². The third-order valence-electron chi connectivity index (χ3n) is 3.85. The van der Waals surface area contributed by atoms with Gasteiger partial charge in [0.2, 0.25) is 0 Å². The Balaban J connectivity index is 1.76. The molecule has 0 saturated heterocycles. The van der Waals surface area contributed by atoms with Gasteiger partial charge >= 0.3 is 0 Å². The zero-order valence-electron chi connectivity index (χ0n) is 11.2. The molecule has 96 valence electrons. The first-order chi connectivity index (χ1) is 9.90. The molecule has 0 spiro atoms. The third-order valence-corrected chi connectivity index (χ3v) is 3.85. The molecule has 20 heavy (non-hydrogen) atoms. The van der Waals surface area contributed by atoms with Gasteiger partial charge in [0, 0.05) is 18.3 Å². The standard InChI is InChI=1S/C19H15N/c1-2-7-18-13-15(9-10-16(18)5-1)14-20-12-11-17-6-3-4-8-19(17)20/h1-13H,14H2. The topological polar surface area (TPSA) is 4.93 Å². The van der Waals surface area contributed by atoms with Gasteiger partial charge in [0.25, 0.3) is 0 Å².